The van der Waals surface area contributed by atoms with Gasteiger partial charge in [0.1, 0.15) is 6.61 Å². The Morgan fingerprint density at radius 2 is 2.04 bits per heavy atom. The Hall–Kier alpha value is -1.88. The SMILES string of the molecule is CC(C)CC(=O)Nc1cccc(CNC(=O)COC2CCCC(C)C2)c1. The third-order valence-corrected chi connectivity index (χ3v) is 4.63. The molecule has 2 unspecified atom stereocenters. The highest BCUT2D eigenvalue weighted by molar-refractivity contribution is 5.90. The van der Waals surface area contributed by atoms with E-state index in [1.165, 1.54) is 12.8 Å². The maximum absolute atomic E-state index is 12.0. The van der Waals surface area contributed by atoms with Crippen LogP contribution in [0.4, 0.5) is 5.69 Å². The number of ether oxygens (including phenoxy) is 1. The highest BCUT2D eigenvalue weighted by Gasteiger charge is 2.20. The van der Waals surface area contributed by atoms with Crippen LogP contribution < -0.4 is 10.6 Å². The van der Waals surface area contributed by atoms with Gasteiger partial charge in [0.2, 0.25) is 11.8 Å². The molecule has 1 aromatic rings. The quantitative estimate of drug-likeness (QED) is 0.739. The van der Waals surface area contributed by atoms with E-state index in [9.17, 15) is 9.59 Å². The van der Waals surface area contributed by atoms with E-state index in [1.807, 2.05) is 38.1 Å². The minimum atomic E-state index is -0.0996. The van der Waals surface area contributed by atoms with Gasteiger partial charge in [-0.2, -0.15) is 0 Å². The number of anilines is 1. The van der Waals surface area contributed by atoms with Crippen molar-refractivity contribution >= 4 is 17.5 Å². The van der Waals surface area contributed by atoms with Gasteiger partial charge in [0.05, 0.1) is 6.10 Å². The number of carbonyl (C=O) groups excluding carboxylic acids is 2. The van der Waals surface area contributed by atoms with Crippen LogP contribution in [0.3, 0.4) is 0 Å². The molecule has 0 aliphatic heterocycles. The van der Waals surface area contributed by atoms with Crippen LogP contribution in [-0.4, -0.2) is 24.5 Å². The number of amides is 2. The standard InChI is InChI=1S/C21H32N2O3/c1-15(2)10-20(24)23-18-8-5-7-17(12-18)13-22-21(25)14-26-19-9-4-6-16(3)11-19/h5,7-8,12,15-16,19H,4,6,9-11,13-14H2,1-3H3,(H,22,25)(H,23,24). The zero-order chi connectivity index (χ0) is 18.9. The van der Waals surface area contributed by atoms with E-state index in [0.29, 0.717) is 24.8 Å². The second-order valence-electron chi connectivity index (χ2n) is 7.83. The van der Waals surface area contributed by atoms with Crippen molar-refractivity contribution in [3.05, 3.63) is 29.8 Å². The lowest BCUT2D eigenvalue weighted by atomic mass is 9.89. The fraction of sp³-hybridized carbons (Fsp3) is 0.619. The molecule has 1 aromatic carbocycles. The van der Waals surface area contributed by atoms with Gasteiger partial charge in [0, 0.05) is 18.7 Å². The molecule has 0 bridgehead atoms. The van der Waals surface area contributed by atoms with Crippen LogP contribution in [0.1, 0.15) is 58.4 Å². The highest BCUT2D eigenvalue weighted by Crippen LogP contribution is 2.25. The smallest absolute Gasteiger partial charge is 0.246 e. The predicted octanol–water partition coefficient (Wildman–Crippen LogP) is 3.88. The van der Waals surface area contributed by atoms with Crippen molar-refractivity contribution in [3.63, 3.8) is 0 Å². The Balaban J connectivity index is 1.73. The van der Waals surface area contributed by atoms with Gasteiger partial charge < -0.3 is 15.4 Å². The molecule has 2 rings (SSSR count). The number of hydrogen-bond donors (Lipinski definition) is 2. The lowest BCUT2D eigenvalue weighted by Crippen LogP contribution is -2.31. The van der Waals surface area contributed by atoms with E-state index in [0.717, 1.165) is 24.1 Å². The average molecular weight is 360 g/mol. The van der Waals surface area contributed by atoms with E-state index >= 15 is 0 Å². The van der Waals surface area contributed by atoms with Gasteiger partial charge in [-0.1, -0.05) is 45.7 Å². The third-order valence-electron chi connectivity index (χ3n) is 4.63. The molecular formula is C21H32N2O3. The fourth-order valence-electron chi connectivity index (χ4n) is 3.32. The van der Waals surface area contributed by atoms with Crippen LogP contribution in [0, 0.1) is 11.8 Å². The first-order valence-electron chi connectivity index (χ1n) is 9.69. The Labute approximate surface area is 156 Å². The molecule has 5 heteroatoms. The molecule has 1 saturated carbocycles. The zero-order valence-electron chi connectivity index (χ0n) is 16.2. The maximum atomic E-state index is 12.0. The fourth-order valence-corrected chi connectivity index (χ4v) is 3.32. The molecule has 1 aliphatic carbocycles. The van der Waals surface area contributed by atoms with E-state index in [2.05, 4.69) is 17.6 Å². The molecule has 0 heterocycles. The normalized spacial score (nSPS) is 20.0. The summed E-state index contributed by atoms with van der Waals surface area (Å²) < 4.78 is 5.75. The molecule has 1 aliphatic rings. The van der Waals surface area contributed by atoms with Crippen molar-refractivity contribution in [2.45, 2.75) is 65.5 Å². The molecule has 0 radical (unpaired) electrons. The Morgan fingerprint density at radius 3 is 2.77 bits per heavy atom. The van der Waals surface area contributed by atoms with Crippen LogP contribution >= 0.6 is 0 Å². The van der Waals surface area contributed by atoms with Crippen LogP contribution in [0.2, 0.25) is 0 Å². The molecule has 2 atom stereocenters. The van der Waals surface area contributed by atoms with Gasteiger partial charge in [0.25, 0.3) is 0 Å². The number of hydrogen-bond acceptors (Lipinski definition) is 3. The molecule has 2 N–H and O–H groups in total. The van der Waals surface area contributed by atoms with Crippen molar-refractivity contribution in [2.75, 3.05) is 11.9 Å². The first-order valence-corrected chi connectivity index (χ1v) is 9.69. The maximum Gasteiger partial charge on any atom is 0.246 e. The minimum Gasteiger partial charge on any atom is -0.368 e. The molecule has 5 nitrogen and oxygen atoms in total. The monoisotopic (exact) mass is 360 g/mol. The second kappa shape index (κ2) is 10.3. The summed E-state index contributed by atoms with van der Waals surface area (Å²) in [7, 11) is 0. The van der Waals surface area contributed by atoms with Crippen LogP contribution in [0.25, 0.3) is 0 Å². The number of nitrogens with one attached hydrogen (secondary N) is 2. The molecule has 1 fully saturated rings. The van der Waals surface area contributed by atoms with Gasteiger partial charge in [-0.25, -0.2) is 0 Å². The van der Waals surface area contributed by atoms with Crippen molar-refractivity contribution in [1.29, 1.82) is 0 Å². The van der Waals surface area contributed by atoms with Crippen molar-refractivity contribution in [2.24, 2.45) is 11.8 Å². The van der Waals surface area contributed by atoms with Gasteiger partial charge in [-0.05, 0) is 42.4 Å². The van der Waals surface area contributed by atoms with E-state index < -0.39 is 0 Å². The Morgan fingerprint density at radius 1 is 1.23 bits per heavy atom. The molecule has 2 amide bonds. The first kappa shape index (κ1) is 20.4. The van der Waals surface area contributed by atoms with Crippen LogP contribution in [0.5, 0.6) is 0 Å². The first-order chi connectivity index (χ1) is 12.4. The highest BCUT2D eigenvalue weighted by atomic mass is 16.5. The minimum absolute atomic E-state index is 0.0105. The lowest BCUT2D eigenvalue weighted by Gasteiger charge is -2.26. The molecular weight excluding hydrogens is 328 g/mol. The van der Waals surface area contributed by atoms with Crippen molar-refractivity contribution in [1.82, 2.24) is 5.32 Å². The summed E-state index contributed by atoms with van der Waals surface area (Å²) in [6, 6.07) is 7.56. The Kier molecular flexibility index (Phi) is 8.10. The summed E-state index contributed by atoms with van der Waals surface area (Å²) >= 11 is 0. The average Bonchev–Trinajstić information content (AvgIpc) is 2.58. The summed E-state index contributed by atoms with van der Waals surface area (Å²) in [6.45, 7) is 6.81. The number of rotatable bonds is 8. The van der Waals surface area contributed by atoms with E-state index in [4.69, 9.17) is 4.74 Å². The molecule has 0 spiro atoms. The molecule has 144 valence electrons. The molecule has 0 saturated heterocycles. The second-order valence-corrected chi connectivity index (χ2v) is 7.83. The topological polar surface area (TPSA) is 67.4 Å². The zero-order valence-corrected chi connectivity index (χ0v) is 16.2. The Bertz CT molecular complexity index is 601. The molecule has 0 aromatic heterocycles. The lowest BCUT2D eigenvalue weighted by molar-refractivity contribution is -0.128. The summed E-state index contributed by atoms with van der Waals surface area (Å²) in [5.74, 6) is 0.920. The van der Waals surface area contributed by atoms with Gasteiger partial charge >= 0.3 is 0 Å². The summed E-state index contributed by atoms with van der Waals surface area (Å²) in [6.07, 6.45) is 5.25. The van der Waals surface area contributed by atoms with Crippen molar-refractivity contribution < 1.29 is 14.3 Å². The number of carbonyl (C=O) groups is 2. The van der Waals surface area contributed by atoms with E-state index in [-0.39, 0.29) is 24.5 Å². The number of benzene rings is 1. The summed E-state index contributed by atoms with van der Waals surface area (Å²) in [4.78, 5) is 23.9. The summed E-state index contributed by atoms with van der Waals surface area (Å²) in [5, 5.41) is 5.78. The largest absolute Gasteiger partial charge is 0.368 e. The van der Waals surface area contributed by atoms with Crippen LogP contribution in [0.15, 0.2) is 24.3 Å². The van der Waals surface area contributed by atoms with Crippen molar-refractivity contribution in [3.8, 4) is 0 Å². The predicted molar refractivity (Wildman–Crippen MR) is 104 cm³/mol. The van der Waals surface area contributed by atoms with Gasteiger partial charge in [-0.15, -0.1) is 0 Å². The summed E-state index contributed by atoms with van der Waals surface area (Å²) in [5.41, 5.74) is 1.71. The van der Waals surface area contributed by atoms with Gasteiger partial charge in [-0.3, -0.25) is 9.59 Å². The van der Waals surface area contributed by atoms with Crippen LogP contribution in [-0.2, 0) is 20.9 Å². The van der Waals surface area contributed by atoms with Gasteiger partial charge in [0.15, 0.2) is 0 Å². The van der Waals surface area contributed by atoms with E-state index in [1.54, 1.807) is 0 Å². The molecule has 26 heavy (non-hydrogen) atoms. The third kappa shape index (κ3) is 7.56.